The first-order chi connectivity index (χ1) is 17.1. The minimum atomic E-state index is -0.0253. The van der Waals surface area contributed by atoms with E-state index in [0.717, 1.165) is 11.4 Å². The standard InChI is InChI=1S/C33H24N2/c1-33(2)26-13-8-12-24-23-16-15-21(34-20-9-4-3-5-10-20)19-29(23)35-28-14-7-6-11-22(28)25-17-18-27(33)31(30(24)26)32(25)35/h3-19,34H,1-2H3. The van der Waals surface area contributed by atoms with Gasteiger partial charge in [-0.25, -0.2) is 0 Å². The van der Waals surface area contributed by atoms with Gasteiger partial charge in [0.05, 0.1) is 16.7 Å². The maximum Gasteiger partial charge on any atom is 0.0623 e. The lowest BCUT2D eigenvalue weighted by Crippen LogP contribution is -2.15. The van der Waals surface area contributed by atoms with Crippen molar-refractivity contribution in [3.05, 3.63) is 114 Å². The normalized spacial score (nSPS) is 14.2. The lowest BCUT2D eigenvalue weighted by atomic mass is 9.81. The van der Waals surface area contributed by atoms with Crippen molar-refractivity contribution in [2.45, 2.75) is 19.3 Å². The summed E-state index contributed by atoms with van der Waals surface area (Å²) >= 11 is 0. The highest BCUT2D eigenvalue weighted by molar-refractivity contribution is 6.18. The van der Waals surface area contributed by atoms with Gasteiger partial charge in [-0.1, -0.05) is 86.6 Å². The fraction of sp³-hybridized carbons (Fsp3) is 0.0909. The Balaban J connectivity index is 1.55. The third kappa shape index (κ3) is 2.34. The van der Waals surface area contributed by atoms with Gasteiger partial charge in [0.25, 0.3) is 0 Å². The van der Waals surface area contributed by atoms with Crippen molar-refractivity contribution in [3.8, 4) is 27.9 Å². The predicted molar refractivity (Wildman–Crippen MR) is 147 cm³/mol. The molecule has 0 saturated carbocycles. The van der Waals surface area contributed by atoms with Crippen molar-refractivity contribution < 1.29 is 0 Å². The molecule has 2 heterocycles. The van der Waals surface area contributed by atoms with Gasteiger partial charge in [-0.15, -0.1) is 0 Å². The minimum Gasteiger partial charge on any atom is -0.355 e. The zero-order chi connectivity index (χ0) is 23.3. The molecule has 0 bridgehead atoms. The molecular weight excluding hydrogens is 424 g/mol. The second-order valence-corrected chi connectivity index (χ2v) is 10.3. The summed E-state index contributed by atoms with van der Waals surface area (Å²) < 4.78 is 2.51. The molecule has 1 aliphatic carbocycles. The Labute approximate surface area is 204 Å². The second kappa shape index (κ2) is 6.43. The van der Waals surface area contributed by atoms with E-state index in [1.807, 2.05) is 6.07 Å². The van der Waals surface area contributed by atoms with E-state index in [1.165, 1.54) is 60.9 Å². The lowest BCUT2D eigenvalue weighted by molar-refractivity contribution is 0.661. The molecule has 0 fully saturated rings. The van der Waals surface area contributed by atoms with Crippen molar-refractivity contribution in [2.75, 3.05) is 5.32 Å². The van der Waals surface area contributed by atoms with Crippen LogP contribution in [0, 0.1) is 0 Å². The van der Waals surface area contributed by atoms with Gasteiger partial charge in [0.2, 0.25) is 0 Å². The van der Waals surface area contributed by atoms with Crippen LogP contribution in [0.1, 0.15) is 25.0 Å². The molecule has 6 aromatic rings. The van der Waals surface area contributed by atoms with Crippen LogP contribution in [-0.2, 0) is 5.41 Å². The van der Waals surface area contributed by atoms with Crippen LogP contribution in [0.5, 0.6) is 0 Å². The highest BCUT2D eigenvalue weighted by Crippen LogP contribution is 2.58. The molecule has 5 aromatic carbocycles. The average molecular weight is 449 g/mol. The van der Waals surface area contributed by atoms with E-state index in [0.29, 0.717) is 0 Å². The van der Waals surface area contributed by atoms with Gasteiger partial charge >= 0.3 is 0 Å². The Bertz CT molecular complexity index is 1840. The molecule has 0 amide bonds. The molecule has 0 saturated heterocycles. The van der Waals surface area contributed by atoms with Crippen LogP contribution in [0.15, 0.2) is 103 Å². The Morgan fingerprint density at radius 1 is 0.600 bits per heavy atom. The van der Waals surface area contributed by atoms with Crippen LogP contribution in [0.2, 0.25) is 0 Å². The fourth-order valence-corrected chi connectivity index (χ4v) is 6.50. The van der Waals surface area contributed by atoms with Crippen molar-refractivity contribution in [3.63, 3.8) is 0 Å². The molecule has 2 nitrogen and oxygen atoms in total. The van der Waals surface area contributed by atoms with Crippen molar-refractivity contribution in [1.29, 1.82) is 0 Å². The third-order valence-corrected chi connectivity index (χ3v) is 8.09. The first kappa shape index (κ1) is 19.1. The number of rotatable bonds is 2. The van der Waals surface area contributed by atoms with Crippen LogP contribution in [-0.4, -0.2) is 4.57 Å². The number of hydrogen-bond acceptors (Lipinski definition) is 1. The van der Waals surface area contributed by atoms with Gasteiger partial charge < -0.3 is 9.88 Å². The summed E-state index contributed by atoms with van der Waals surface area (Å²) in [6.45, 7) is 4.74. The molecule has 0 atom stereocenters. The van der Waals surface area contributed by atoms with E-state index in [1.54, 1.807) is 0 Å². The Hall–Kier alpha value is -4.30. The average Bonchev–Trinajstić information content (AvgIpc) is 3.29. The zero-order valence-corrected chi connectivity index (χ0v) is 19.8. The first-order valence-electron chi connectivity index (χ1n) is 12.3. The fourth-order valence-electron chi connectivity index (χ4n) is 6.50. The zero-order valence-electron chi connectivity index (χ0n) is 19.8. The van der Waals surface area contributed by atoms with Crippen LogP contribution < -0.4 is 5.32 Å². The monoisotopic (exact) mass is 448 g/mol. The number of nitrogens with zero attached hydrogens (tertiary/aromatic N) is 1. The van der Waals surface area contributed by atoms with E-state index in [2.05, 4.69) is 121 Å². The smallest absolute Gasteiger partial charge is 0.0623 e. The molecule has 0 radical (unpaired) electrons. The van der Waals surface area contributed by atoms with Gasteiger partial charge in [0.15, 0.2) is 0 Å². The van der Waals surface area contributed by atoms with Crippen LogP contribution in [0.25, 0.3) is 49.7 Å². The van der Waals surface area contributed by atoms with E-state index in [9.17, 15) is 0 Å². The Morgan fingerprint density at radius 3 is 2.29 bits per heavy atom. The molecule has 1 aliphatic heterocycles. The van der Waals surface area contributed by atoms with Gasteiger partial charge in [-0.2, -0.15) is 0 Å². The van der Waals surface area contributed by atoms with Crippen molar-refractivity contribution in [2.24, 2.45) is 0 Å². The van der Waals surface area contributed by atoms with E-state index in [4.69, 9.17) is 0 Å². The van der Waals surface area contributed by atoms with E-state index >= 15 is 0 Å². The molecule has 35 heavy (non-hydrogen) atoms. The number of hydrogen-bond donors (Lipinski definition) is 1. The maximum absolute atomic E-state index is 3.62. The number of nitrogens with one attached hydrogen (secondary N) is 1. The molecule has 0 spiro atoms. The third-order valence-electron chi connectivity index (χ3n) is 8.09. The Morgan fingerprint density at radius 2 is 1.40 bits per heavy atom. The highest BCUT2D eigenvalue weighted by Gasteiger charge is 2.40. The summed E-state index contributed by atoms with van der Waals surface area (Å²) in [4.78, 5) is 0. The van der Waals surface area contributed by atoms with Crippen LogP contribution in [0.3, 0.4) is 0 Å². The molecular formula is C33H24N2. The van der Waals surface area contributed by atoms with Gasteiger partial charge in [-0.05, 0) is 52.6 Å². The van der Waals surface area contributed by atoms with Gasteiger partial charge in [0, 0.05) is 38.7 Å². The quantitative estimate of drug-likeness (QED) is 0.280. The first-order valence-corrected chi connectivity index (χ1v) is 12.3. The molecule has 1 N–H and O–H groups in total. The summed E-state index contributed by atoms with van der Waals surface area (Å²) in [6.07, 6.45) is 0. The van der Waals surface area contributed by atoms with Crippen LogP contribution >= 0.6 is 0 Å². The Kier molecular flexibility index (Phi) is 3.50. The number of fused-ring (bicyclic) bond motifs is 6. The van der Waals surface area contributed by atoms with E-state index < -0.39 is 0 Å². The molecule has 2 aliphatic rings. The summed E-state index contributed by atoms with van der Waals surface area (Å²) in [5.41, 5.74) is 14.2. The molecule has 2 heteroatoms. The molecule has 166 valence electrons. The van der Waals surface area contributed by atoms with Crippen molar-refractivity contribution in [1.82, 2.24) is 4.57 Å². The number of anilines is 2. The van der Waals surface area contributed by atoms with Crippen molar-refractivity contribution >= 4 is 33.2 Å². The van der Waals surface area contributed by atoms with Crippen LogP contribution in [0.4, 0.5) is 11.4 Å². The lowest BCUT2D eigenvalue weighted by Gasteiger charge is -2.23. The summed E-state index contributed by atoms with van der Waals surface area (Å²) in [5, 5.41) is 6.25. The number of benzene rings is 5. The van der Waals surface area contributed by atoms with E-state index in [-0.39, 0.29) is 5.41 Å². The summed E-state index contributed by atoms with van der Waals surface area (Å²) in [5.74, 6) is 0. The highest BCUT2D eigenvalue weighted by atomic mass is 15.0. The maximum atomic E-state index is 3.62. The molecule has 0 unspecified atom stereocenters. The number of para-hydroxylation sites is 2. The second-order valence-electron chi connectivity index (χ2n) is 10.3. The summed E-state index contributed by atoms with van der Waals surface area (Å²) in [7, 11) is 0. The topological polar surface area (TPSA) is 17.0 Å². The number of aromatic nitrogens is 1. The minimum absolute atomic E-state index is 0.0253. The largest absolute Gasteiger partial charge is 0.355 e. The molecule has 1 aromatic heterocycles. The van der Waals surface area contributed by atoms with Gasteiger partial charge in [-0.3, -0.25) is 0 Å². The SMILES string of the molecule is CC1(C)c2cccc3c2-c2c1ccc1c4ccccc4n(c21)-c1cc(Nc2ccccc2)ccc1-3. The predicted octanol–water partition coefficient (Wildman–Crippen LogP) is 8.81. The van der Waals surface area contributed by atoms with Gasteiger partial charge in [0.1, 0.15) is 0 Å². The molecule has 8 rings (SSSR count). The summed E-state index contributed by atoms with van der Waals surface area (Å²) in [6, 6.07) is 37.7.